The summed E-state index contributed by atoms with van der Waals surface area (Å²) in [5, 5.41) is 4.03. The lowest BCUT2D eigenvalue weighted by Crippen LogP contribution is -2.10. The van der Waals surface area contributed by atoms with Gasteiger partial charge in [0.05, 0.1) is 4.88 Å². The van der Waals surface area contributed by atoms with Crippen LogP contribution in [0.4, 0.5) is 5.69 Å². The van der Waals surface area contributed by atoms with Crippen molar-refractivity contribution in [2.45, 2.75) is 6.61 Å². The number of thiophene rings is 1. The van der Waals surface area contributed by atoms with Crippen molar-refractivity contribution in [2.75, 3.05) is 5.32 Å². The quantitative estimate of drug-likeness (QED) is 0.494. The van der Waals surface area contributed by atoms with Crippen molar-refractivity contribution in [1.29, 1.82) is 0 Å². The highest BCUT2D eigenvalue weighted by atomic mass is 32.1. The third-order valence-corrected chi connectivity index (χ3v) is 5.10. The van der Waals surface area contributed by atoms with Gasteiger partial charge < -0.3 is 10.1 Å². The Kier molecular flexibility index (Phi) is 4.67. The summed E-state index contributed by atoms with van der Waals surface area (Å²) in [6, 6.07) is 27.4. The number of carbonyl (C=O) groups excluding carboxylic acids is 1. The zero-order valence-electron chi connectivity index (χ0n) is 14.0. The second kappa shape index (κ2) is 7.42. The fourth-order valence-corrected chi connectivity index (χ4v) is 3.65. The zero-order valence-corrected chi connectivity index (χ0v) is 14.8. The lowest BCUT2D eigenvalue weighted by atomic mass is 10.2. The maximum absolute atomic E-state index is 12.5. The number of benzene rings is 3. The molecule has 1 N–H and O–H groups in total. The third-order valence-electron chi connectivity index (χ3n) is 3.99. The summed E-state index contributed by atoms with van der Waals surface area (Å²) in [5.74, 6) is 0.620. The molecule has 3 aromatic carbocycles. The summed E-state index contributed by atoms with van der Waals surface area (Å²) in [4.78, 5) is 13.2. The van der Waals surface area contributed by atoms with E-state index in [9.17, 15) is 4.79 Å². The van der Waals surface area contributed by atoms with E-state index in [1.165, 1.54) is 11.3 Å². The molecular formula is C22H17NO2S. The van der Waals surface area contributed by atoms with Crippen LogP contribution in [0.15, 0.2) is 84.9 Å². The lowest BCUT2D eigenvalue weighted by Gasteiger charge is -2.09. The number of ether oxygens (including phenoxy) is 1. The molecule has 26 heavy (non-hydrogen) atoms. The molecule has 4 aromatic rings. The van der Waals surface area contributed by atoms with E-state index in [4.69, 9.17) is 4.74 Å². The van der Waals surface area contributed by atoms with Crippen LogP contribution in [0.3, 0.4) is 0 Å². The summed E-state index contributed by atoms with van der Waals surface area (Å²) < 4.78 is 6.93. The van der Waals surface area contributed by atoms with Crippen LogP contribution in [0, 0.1) is 0 Å². The minimum absolute atomic E-state index is 0.105. The van der Waals surface area contributed by atoms with E-state index in [-0.39, 0.29) is 5.91 Å². The Bertz CT molecular complexity index is 1010. The summed E-state index contributed by atoms with van der Waals surface area (Å²) in [6.45, 7) is 0.495. The first-order valence-corrected chi connectivity index (χ1v) is 9.16. The molecule has 4 rings (SSSR count). The van der Waals surface area contributed by atoms with E-state index in [2.05, 4.69) is 5.32 Å². The van der Waals surface area contributed by atoms with Gasteiger partial charge in [0.15, 0.2) is 0 Å². The molecule has 0 saturated heterocycles. The van der Waals surface area contributed by atoms with Gasteiger partial charge in [0, 0.05) is 16.5 Å². The maximum Gasteiger partial charge on any atom is 0.265 e. The fourth-order valence-electron chi connectivity index (χ4n) is 2.69. The van der Waals surface area contributed by atoms with Gasteiger partial charge >= 0.3 is 0 Å². The first kappa shape index (κ1) is 16.4. The van der Waals surface area contributed by atoms with Crippen molar-refractivity contribution >= 4 is 33.0 Å². The zero-order chi connectivity index (χ0) is 17.8. The first-order chi connectivity index (χ1) is 12.8. The molecule has 3 nitrogen and oxygen atoms in total. The Balaban J connectivity index is 1.45. The number of fused-ring (bicyclic) bond motifs is 1. The van der Waals surface area contributed by atoms with E-state index in [1.54, 1.807) is 0 Å². The summed E-state index contributed by atoms with van der Waals surface area (Å²) in [7, 11) is 0. The minimum atomic E-state index is -0.105. The number of hydrogen-bond donors (Lipinski definition) is 1. The third kappa shape index (κ3) is 3.76. The monoisotopic (exact) mass is 359 g/mol. The van der Waals surface area contributed by atoms with E-state index in [0.717, 1.165) is 27.1 Å². The normalized spacial score (nSPS) is 10.6. The topological polar surface area (TPSA) is 38.3 Å². The molecule has 0 atom stereocenters. The molecule has 1 amide bonds. The average Bonchev–Trinajstić information content (AvgIpc) is 3.12. The van der Waals surface area contributed by atoms with Crippen LogP contribution in [0.2, 0.25) is 0 Å². The van der Waals surface area contributed by atoms with E-state index in [0.29, 0.717) is 11.5 Å². The largest absolute Gasteiger partial charge is 0.489 e. The number of anilines is 1. The van der Waals surface area contributed by atoms with Gasteiger partial charge in [-0.15, -0.1) is 11.3 Å². The van der Waals surface area contributed by atoms with Crippen LogP contribution < -0.4 is 10.1 Å². The lowest BCUT2D eigenvalue weighted by molar-refractivity contribution is 0.103. The van der Waals surface area contributed by atoms with Crippen molar-refractivity contribution in [2.24, 2.45) is 0 Å². The van der Waals surface area contributed by atoms with E-state index in [1.807, 2.05) is 84.9 Å². The molecule has 4 heteroatoms. The fraction of sp³-hybridized carbons (Fsp3) is 0.0455. The van der Waals surface area contributed by atoms with Gasteiger partial charge in [-0.3, -0.25) is 4.79 Å². The molecule has 0 radical (unpaired) electrons. The van der Waals surface area contributed by atoms with Crippen LogP contribution in [0.1, 0.15) is 15.2 Å². The van der Waals surface area contributed by atoms with Gasteiger partial charge in [0.25, 0.3) is 5.91 Å². The predicted molar refractivity (Wildman–Crippen MR) is 107 cm³/mol. The molecule has 0 fully saturated rings. The molecule has 0 spiro atoms. The Labute approximate surface area is 155 Å². The number of carbonyl (C=O) groups is 1. The summed E-state index contributed by atoms with van der Waals surface area (Å²) >= 11 is 1.49. The molecule has 0 aliphatic carbocycles. The Morgan fingerprint density at radius 2 is 1.69 bits per heavy atom. The number of amides is 1. The number of nitrogens with one attached hydrogen (secondary N) is 1. The van der Waals surface area contributed by atoms with Gasteiger partial charge in [0.2, 0.25) is 0 Å². The second-order valence-electron chi connectivity index (χ2n) is 5.90. The van der Waals surface area contributed by atoms with Crippen molar-refractivity contribution in [1.82, 2.24) is 0 Å². The molecule has 1 heterocycles. The Morgan fingerprint density at radius 1 is 0.885 bits per heavy atom. The predicted octanol–water partition coefficient (Wildman–Crippen LogP) is 5.73. The first-order valence-electron chi connectivity index (χ1n) is 8.35. The molecule has 128 valence electrons. The van der Waals surface area contributed by atoms with Crippen molar-refractivity contribution in [3.05, 3.63) is 95.4 Å². The van der Waals surface area contributed by atoms with Crippen LogP contribution >= 0.6 is 11.3 Å². The number of rotatable bonds is 5. The summed E-state index contributed by atoms with van der Waals surface area (Å²) in [5.41, 5.74) is 1.82. The van der Waals surface area contributed by atoms with Gasteiger partial charge in [-0.25, -0.2) is 0 Å². The molecule has 0 bridgehead atoms. The Hall–Kier alpha value is -3.11. The van der Waals surface area contributed by atoms with Crippen LogP contribution in [-0.4, -0.2) is 5.91 Å². The maximum atomic E-state index is 12.5. The van der Waals surface area contributed by atoms with E-state index >= 15 is 0 Å². The molecule has 0 unspecified atom stereocenters. The standard InChI is InChI=1S/C22H17NO2S/c24-22(21-13-17-9-4-5-12-20(17)26-21)23-18-10-6-11-19(14-18)25-15-16-7-2-1-3-8-16/h1-14H,15H2,(H,23,24). The molecule has 0 aliphatic rings. The minimum Gasteiger partial charge on any atom is -0.489 e. The SMILES string of the molecule is O=C(Nc1cccc(OCc2ccccc2)c1)c1cc2ccccc2s1. The second-order valence-corrected chi connectivity index (χ2v) is 6.99. The smallest absolute Gasteiger partial charge is 0.265 e. The Morgan fingerprint density at radius 3 is 2.54 bits per heavy atom. The van der Waals surface area contributed by atoms with Gasteiger partial charge in [-0.1, -0.05) is 54.6 Å². The van der Waals surface area contributed by atoms with Crippen LogP contribution in [-0.2, 0) is 6.61 Å². The van der Waals surface area contributed by atoms with E-state index < -0.39 is 0 Å². The molecule has 0 saturated carbocycles. The molecular weight excluding hydrogens is 342 g/mol. The van der Waals surface area contributed by atoms with Crippen LogP contribution in [0.25, 0.3) is 10.1 Å². The molecule has 0 aliphatic heterocycles. The average molecular weight is 359 g/mol. The van der Waals surface area contributed by atoms with Gasteiger partial charge in [0.1, 0.15) is 12.4 Å². The van der Waals surface area contributed by atoms with Crippen molar-refractivity contribution < 1.29 is 9.53 Å². The highest BCUT2D eigenvalue weighted by molar-refractivity contribution is 7.20. The van der Waals surface area contributed by atoms with Crippen molar-refractivity contribution in [3.8, 4) is 5.75 Å². The number of hydrogen-bond acceptors (Lipinski definition) is 3. The van der Waals surface area contributed by atoms with Gasteiger partial charge in [-0.05, 0) is 35.2 Å². The van der Waals surface area contributed by atoms with Crippen LogP contribution in [0.5, 0.6) is 5.75 Å². The van der Waals surface area contributed by atoms with Gasteiger partial charge in [-0.2, -0.15) is 0 Å². The molecule has 1 aromatic heterocycles. The van der Waals surface area contributed by atoms with Crippen molar-refractivity contribution in [3.63, 3.8) is 0 Å². The highest BCUT2D eigenvalue weighted by Crippen LogP contribution is 2.26. The summed E-state index contributed by atoms with van der Waals surface area (Å²) in [6.07, 6.45) is 0. The highest BCUT2D eigenvalue weighted by Gasteiger charge is 2.10.